The van der Waals surface area contributed by atoms with Crippen LogP contribution in [0.5, 0.6) is 0 Å². The largest absolute Gasteiger partial charge is 0.368 e. The number of ether oxygens (including phenoxy) is 1. The van der Waals surface area contributed by atoms with Crippen LogP contribution < -0.4 is 0 Å². The van der Waals surface area contributed by atoms with Gasteiger partial charge in [0, 0.05) is 11.8 Å². The van der Waals surface area contributed by atoms with Crippen molar-refractivity contribution in [2.45, 2.75) is 32.5 Å². The molecule has 4 atom stereocenters. The van der Waals surface area contributed by atoms with Crippen LogP contribution in [-0.2, 0) is 9.53 Å². The standard InChI is InChI=1S/C11H16O2/c1-11(2,3)13-9-5-4-7-8(6-12)10(7)9/h4-10H,1-3H3/t7?,8-,9+,10?/m1/s1. The van der Waals surface area contributed by atoms with Crippen molar-refractivity contribution in [2.24, 2.45) is 17.8 Å². The summed E-state index contributed by atoms with van der Waals surface area (Å²) in [5, 5.41) is 0. The van der Waals surface area contributed by atoms with E-state index in [9.17, 15) is 4.79 Å². The topological polar surface area (TPSA) is 26.3 Å². The third-order valence-electron chi connectivity index (χ3n) is 2.74. The number of rotatable bonds is 2. The molecule has 13 heavy (non-hydrogen) atoms. The molecule has 2 aliphatic carbocycles. The Kier molecular flexibility index (Phi) is 1.84. The van der Waals surface area contributed by atoms with Gasteiger partial charge >= 0.3 is 0 Å². The molecule has 2 aliphatic rings. The maximum Gasteiger partial charge on any atom is 0.124 e. The van der Waals surface area contributed by atoms with Gasteiger partial charge in [-0.1, -0.05) is 12.2 Å². The number of carbonyl (C=O) groups excluding carboxylic acids is 1. The number of aldehydes is 1. The van der Waals surface area contributed by atoms with Crippen LogP contribution in [-0.4, -0.2) is 18.0 Å². The maximum atomic E-state index is 10.6. The summed E-state index contributed by atoms with van der Waals surface area (Å²) in [6.07, 6.45) is 5.46. The van der Waals surface area contributed by atoms with Crippen LogP contribution in [0.15, 0.2) is 12.2 Å². The van der Waals surface area contributed by atoms with E-state index in [1.165, 1.54) is 0 Å². The van der Waals surface area contributed by atoms with Crippen molar-refractivity contribution in [1.29, 1.82) is 0 Å². The highest BCUT2D eigenvalue weighted by atomic mass is 16.5. The number of hydrogen-bond donors (Lipinski definition) is 0. The zero-order valence-electron chi connectivity index (χ0n) is 8.36. The van der Waals surface area contributed by atoms with Gasteiger partial charge in [0.15, 0.2) is 0 Å². The summed E-state index contributed by atoms with van der Waals surface area (Å²) in [5.74, 6) is 1.15. The molecule has 1 saturated carbocycles. The van der Waals surface area contributed by atoms with Crippen molar-refractivity contribution in [3.05, 3.63) is 12.2 Å². The Bertz CT molecular complexity index is 245. The lowest BCUT2D eigenvalue weighted by atomic mass is 10.1. The van der Waals surface area contributed by atoms with Crippen molar-refractivity contribution in [3.63, 3.8) is 0 Å². The van der Waals surface area contributed by atoms with Gasteiger partial charge in [-0.2, -0.15) is 0 Å². The number of carbonyl (C=O) groups is 1. The minimum Gasteiger partial charge on any atom is -0.368 e. The zero-order valence-corrected chi connectivity index (χ0v) is 8.36. The van der Waals surface area contributed by atoms with E-state index in [0.717, 1.165) is 6.29 Å². The second-order valence-corrected chi connectivity index (χ2v) is 4.95. The second kappa shape index (κ2) is 2.68. The molecule has 0 bridgehead atoms. The van der Waals surface area contributed by atoms with Crippen LogP contribution in [0.25, 0.3) is 0 Å². The lowest BCUT2D eigenvalue weighted by Crippen LogP contribution is -2.27. The van der Waals surface area contributed by atoms with Gasteiger partial charge in [-0.3, -0.25) is 0 Å². The minimum absolute atomic E-state index is 0.111. The van der Waals surface area contributed by atoms with E-state index >= 15 is 0 Å². The molecule has 0 spiro atoms. The summed E-state index contributed by atoms with van der Waals surface area (Å²) in [4.78, 5) is 10.6. The van der Waals surface area contributed by atoms with E-state index in [2.05, 4.69) is 12.2 Å². The van der Waals surface area contributed by atoms with E-state index in [4.69, 9.17) is 4.74 Å². The molecule has 0 N–H and O–H groups in total. The second-order valence-electron chi connectivity index (χ2n) is 4.95. The van der Waals surface area contributed by atoms with Crippen LogP contribution in [0.3, 0.4) is 0 Å². The van der Waals surface area contributed by atoms with Crippen molar-refractivity contribution in [1.82, 2.24) is 0 Å². The number of fused-ring (bicyclic) bond motifs is 1. The lowest BCUT2D eigenvalue weighted by Gasteiger charge is -2.24. The third-order valence-corrected chi connectivity index (χ3v) is 2.74. The van der Waals surface area contributed by atoms with E-state index in [1.807, 2.05) is 20.8 Å². The summed E-state index contributed by atoms with van der Waals surface area (Å²) in [6.45, 7) is 6.14. The number of allylic oxidation sites excluding steroid dienone is 1. The predicted molar refractivity (Wildman–Crippen MR) is 50.3 cm³/mol. The van der Waals surface area contributed by atoms with Crippen molar-refractivity contribution in [3.8, 4) is 0 Å². The molecular weight excluding hydrogens is 164 g/mol. The van der Waals surface area contributed by atoms with Gasteiger partial charge in [-0.05, 0) is 26.7 Å². The summed E-state index contributed by atoms with van der Waals surface area (Å²) < 4.78 is 5.84. The SMILES string of the molecule is CC(C)(C)O[C@H]1C=CC2C1[C@@H]2C=O. The summed E-state index contributed by atoms with van der Waals surface area (Å²) >= 11 is 0. The molecule has 0 radical (unpaired) electrons. The minimum atomic E-state index is -0.111. The molecule has 0 aliphatic heterocycles. The van der Waals surface area contributed by atoms with Gasteiger partial charge in [-0.25, -0.2) is 0 Å². The Labute approximate surface area is 79.0 Å². The molecule has 0 aromatic carbocycles. The van der Waals surface area contributed by atoms with Crippen LogP contribution in [0.1, 0.15) is 20.8 Å². The smallest absolute Gasteiger partial charge is 0.124 e. The van der Waals surface area contributed by atoms with Gasteiger partial charge in [0.05, 0.1) is 11.7 Å². The highest BCUT2D eigenvalue weighted by molar-refractivity contribution is 5.62. The van der Waals surface area contributed by atoms with E-state index in [0.29, 0.717) is 11.8 Å². The molecule has 0 aromatic heterocycles. The monoisotopic (exact) mass is 180 g/mol. The molecule has 2 unspecified atom stereocenters. The Morgan fingerprint density at radius 1 is 1.31 bits per heavy atom. The molecule has 1 fully saturated rings. The van der Waals surface area contributed by atoms with Crippen molar-refractivity contribution < 1.29 is 9.53 Å². The van der Waals surface area contributed by atoms with E-state index in [-0.39, 0.29) is 17.6 Å². The summed E-state index contributed by atoms with van der Waals surface area (Å²) in [6, 6.07) is 0. The molecule has 0 saturated heterocycles. The lowest BCUT2D eigenvalue weighted by molar-refractivity contribution is -0.110. The highest BCUT2D eigenvalue weighted by Gasteiger charge is 2.56. The van der Waals surface area contributed by atoms with Gasteiger partial charge in [0.25, 0.3) is 0 Å². The van der Waals surface area contributed by atoms with Crippen LogP contribution in [0.4, 0.5) is 0 Å². The fraction of sp³-hybridized carbons (Fsp3) is 0.727. The first-order valence-corrected chi connectivity index (χ1v) is 4.84. The average Bonchev–Trinajstić information content (AvgIpc) is 2.57. The van der Waals surface area contributed by atoms with Gasteiger partial charge in [0.2, 0.25) is 0 Å². The maximum absolute atomic E-state index is 10.6. The Balaban J connectivity index is 1.97. The fourth-order valence-corrected chi connectivity index (χ4v) is 2.15. The Morgan fingerprint density at radius 3 is 2.46 bits per heavy atom. The van der Waals surface area contributed by atoms with Crippen LogP contribution >= 0.6 is 0 Å². The normalized spacial score (nSPS) is 41.8. The number of hydrogen-bond acceptors (Lipinski definition) is 2. The first-order valence-electron chi connectivity index (χ1n) is 4.84. The summed E-state index contributed by atoms with van der Waals surface area (Å²) in [5.41, 5.74) is -0.111. The average molecular weight is 180 g/mol. The Morgan fingerprint density at radius 2 is 2.00 bits per heavy atom. The van der Waals surface area contributed by atoms with Crippen molar-refractivity contribution >= 4 is 6.29 Å². The van der Waals surface area contributed by atoms with Gasteiger partial charge < -0.3 is 9.53 Å². The molecule has 0 aromatic rings. The van der Waals surface area contributed by atoms with Gasteiger partial charge in [0.1, 0.15) is 6.29 Å². The molecular formula is C11H16O2. The molecule has 0 amide bonds. The quantitative estimate of drug-likeness (QED) is 0.478. The molecule has 2 rings (SSSR count). The first kappa shape index (κ1) is 8.95. The zero-order chi connectivity index (χ0) is 9.64. The molecule has 2 nitrogen and oxygen atoms in total. The summed E-state index contributed by atoms with van der Waals surface area (Å²) in [7, 11) is 0. The van der Waals surface area contributed by atoms with E-state index in [1.54, 1.807) is 0 Å². The van der Waals surface area contributed by atoms with E-state index < -0.39 is 0 Å². The fourth-order valence-electron chi connectivity index (χ4n) is 2.15. The van der Waals surface area contributed by atoms with Crippen LogP contribution in [0.2, 0.25) is 0 Å². The molecule has 72 valence electrons. The predicted octanol–water partition coefficient (Wildman–Crippen LogP) is 1.80. The first-order chi connectivity index (χ1) is 6.03. The highest BCUT2D eigenvalue weighted by Crippen LogP contribution is 2.54. The third kappa shape index (κ3) is 1.55. The molecule has 0 heterocycles. The molecule has 2 heteroatoms. The Hall–Kier alpha value is -0.630. The van der Waals surface area contributed by atoms with Gasteiger partial charge in [-0.15, -0.1) is 0 Å². The van der Waals surface area contributed by atoms with Crippen LogP contribution in [0, 0.1) is 17.8 Å². The van der Waals surface area contributed by atoms with Crippen molar-refractivity contribution in [2.75, 3.05) is 0 Å².